The molecule has 0 atom stereocenters. The van der Waals surface area contributed by atoms with Gasteiger partial charge in [0.05, 0.1) is 13.2 Å². The number of carbonyl (C=O) groups is 1. The number of anilines is 1. The third kappa shape index (κ3) is 5.67. The quantitative estimate of drug-likeness (QED) is 0.470. The molecule has 1 heterocycles. The zero-order valence-electron chi connectivity index (χ0n) is 17.5. The molecule has 2 aromatic carbocycles. The summed E-state index contributed by atoms with van der Waals surface area (Å²) in [6.07, 6.45) is 3.48. The molecule has 0 radical (unpaired) electrons. The number of carbonyl (C=O) groups excluding carboxylic acids is 1. The fraction of sp³-hybridized carbons (Fsp3) is 0.208. The lowest BCUT2D eigenvalue weighted by Crippen LogP contribution is -2.36. The second kappa shape index (κ2) is 10.2. The predicted octanol–water partition coefficient (Wildman–Crippen LogP) is 4.50. The number of ether oxygens (including phenoxy) is 1. The fourth-order valence-electron chi connectivity index (χ4n) is 2.84. The van der Waals surface area contributed by atoms with E-state index in [4.69, 9.17) is 4.74 Å². The third-order valence-corrected chi connectivity index (χ3v) is 4.66. The first kappa shape index (κ1) is 21.0. The number of guanidine groups is 1. The van der Waals surface area contributed by atoms with E-state index in [-0.39, 0.29) is 5.91 Å². The topological polar surface area (TPSA) is 75.6 Å². The average Bonchev–Trinajstić information content (AvgIpc) is 2.76. The molecular weight excluding hydrogens is 376 g/mol. The zero-order valence-corrected chi connectivity index (χ0v) is 17.5. The Labute approximate surface area is 177 Å². The van der Waals surface area contributed by atoms with Gasteiger partial charge >= 0.3 is 0 Å². The molecule has 0 bridgehead atoms. The van der Waals surface area contributed by atoms with E-state index < -0.39 is 0 Å². The molecule has 2 N–H and O–H groups in total. The van der Waals surface area contributed by atoms with Gasteiger partial charge in [-0.1, -0.05) is 18.2 Å². The molecule has 1 amide bonds. The Morgan fingerprint density at radius 1 is 1.07 bits per heavy atom. The molecule has 0 saturated carbocycles. The van der Waals surface area contributed by atoms with Crippen molar-refractivity contribution in [2.75, 3.05) is 11.9 Å². The molecule has 3 aromatic rings. The summed E-state index contributed by atoms with van der Waals surface area (Å²) < 4.78 is 5.44. The number of pyridine rings is 1. The molecule has 1 aromatic heterocycles. The Morgan fingerprint density at radius 2 is 1.87 bits per heavy atom. The van der Waals surface area contributed by atoms with Crippen LogP contribution in [0.25, 0.3) is 0 Å². The van der Waals surface area contributed by atoms with E-state index in [9.17, 15) is 4.79 Å². The highest BCUT2D eigenvalue weighted by Gasteiger charge is 2.11. The number of nitrogens with one attached hydrogen (secondary N) is 2. The van der Waals surface area contributed by atoms with E-state index in [0.717, 1.165) is 28.1 Å². The van der Waals surface area contributed by atoms with Crippen molar-refractivity contribution in [3.8, 4) is 5.75 Å². The van der Waals surface area contributed by atoms with Crippen LogP contribution in [0.2, 0.25) is 0 Å². The monoisotopic (exact) mass is 402 g/mol. The summed E-state index contributed by atoms with van der Waals surface area (Å²) in [4.78, 5) is 21.5. The molecule has 0 aliphatic carbocycles. The molecule has 6 nitrogen and oxygen atoms in total. The van der Waals surface area contributed by atoms with E-state index in [1.807, 2.05) is 51.1 Å². The van der Waals surface area contributed by atoms with E-state index in [1.54, 1.807) is 36.7 Å². The number of aliphatic imine (C=N–C) groups is 1. The van der Waals surface area contributed by atoms with E-state index in [0.29, 0.717) is 24.7 Å². The SMILES string of the molecule is CCOc1ccc(C(=O)NC(=NCc2cccnc2)Nc2cccc(C)c2C)cc1. The maximum Gasteiger partial charge on any atom is 0.257 e. The summed E-state index contributed by atoms with van der Waals surface area (Å²) in [5.74, 6) is 0.861. The number of hydrogen-bond acceptors (Lipinski definition) is 4. The fourth-order valence-corrected chi connectivity index (χ4v) is 2.84. The maximum absolute atomic E-state index is 12.8. The molecule has 30 heavy (non-hydrogen) atoms. The minimum absolute atomic E-state index is 0.249. The zero-order chi connectivity index (χ0) is 21.3. The standard InChI is InChI=1S/C24H26N4O2/c1-4-30-21-12-10-20(11-13-21)23(29)28-24(26-16-19-8-6-14-25-15-19)27-22-9-5-7-17(2)18(22)3/h5-15H,4,16H2,1-3H3,(H2,26,27,28,29). The van der Waals surface area contributed by atoms with E-state index in [1.165, 1.54) is 0 Å². The van der Waals surface area contributed by atoms with Crippen LogP contribution in [0.4, 0.5) is 5.69 Å². The predicted molar refractivity (Wildman–Crippen MR) is 120 cm³/mol. The third-order valence-electron chi connectivity index (χ3n) is 4.66. The molecule has 0 spiro atoms. The van der Waals surface area contributed by atoms with Gasteiger partial charge in [0.1, 0.15) is 5.75 Å². The molecule has 0 aliphatic heterocycles. The van der Waals surface area contributed by atoms with Crippen LogP contribution < -0.4 is 15.4 Å². The van der Waals surface area contributed by atoms with Crippen molar-refractivity contribution in [3.05, 3.63) is 89.2 Å². The highest BCUT2D eigenvalue weighted by Crippen LogP contribution is 2.18. The first-order valence-electron chi connectivity index (χ1n) is 9.87. The van der Waals surface area contributed by atoms with Crippen molar-refractivity contribution in [2.45, 2.75) is 27.3 Å². The summed E-state index contributed by atoms with van der Waals surface area (Å²) in [5.41, 5.74) is 4.63. The van der Waals surface area contributed by atoms with Gasteiger partial charge in [-0.05, 0) is 73.9 Å². The summed E-state index contributed by atoms with van der Waals surface area (Å²) in [6.45, 7) is 6.97. The molecule has 0 saturated heterocycles. The van der Waals surface area contributed by atoms with Gasteiger partial charge in [0.2, 0.25) is 5.96 Å². The number of rotatable bonds is 6. The summed E-state index contributed by atoms with van der Waals surface area (Å²) >= 11 is 0. The lowest BCUT2D eigenvalue weighted by Gasteiger charge is -2.15. The first-order chi connectivity index (χ1) is 14.6. The van der Waals surface area contributed by atoms with Crippen LogP contribution in [-0.2, 0) is 6.54 Å². The van der Waals surface area contributed by atoms with Crippen LogP contribution >= 0.6 is 0 Å². The van der Waals surface area contributed by atoms with Gasteiger partial charge < -0.3 is 10.1 Å². The molecule has 154 valence electrons. The minimum Gasteiger partial charge on any atom is -0.494 e. The number of hydrogen-bond donors (Lipinski definition) is 2. The Bertz CT molecular complexity index is 1020. The van der Waals surface area contributed by atoms with Crippen LogP contribution in [0.15, 0.2) is 72.0 Å². The summed E-state index contributed by atoms with van der Waals surface area (Å²) in [5, 5.41) is 6.15. The Balaban J connectivity index is 1.80. The van der Waals surface area contributed by atoms with Crippen molar-refractivity contribution in [1.29, 1.82) is 0 Å². The molecule has 0 fully saturated rings. The molecule has 0 unspecified atom stereocenters. The van der Waals surface area contributed by atoms with Gasteiger partial charge in [-0.25, -0.2) is 4.99 Å². The maximum atomic E-state index is 12.8. The Kier molecular flexibility index (Phi) is 7.16. The highest BCUT2D eigenvalue weighted by molar-refractivity contribution is 6.10. The molecule has 0 aliphatic rings. The van der Waals surface area contributed by atoms with Crippen LogP contribution in [0.3, 0.4) is 0 Å². The molecule has 3 rings (SSSR count). The highest BCUT2D eigenvalue weighted by atomic mass is 16.5. The van der Waals surface area contributed by atoms with Gasteiger partial charge in [0.25, 0.3) is 5.91 Å². The van der Waals surface area contributed by atoms with Crippen molar-refractivity contribution in [3.63, 3.8) is 0 Å². The normalized spacial score (nSPS) is 11.1. The molecular formula is C24H26N4O2. The average molecular weight is 402 g/mol. The van der Waals surface area contributed by atoms with Crippen LogP contribution in [-0.4, -0.2) is 23.5 Å². The van der Waals surface area contributed by atoms with Crippen molar-refractivity contribution >= 4 is 17.6 Å². The lowest BCUT2D eigenvalue weighted by molar-refractivity contribution is 0.0977. The van der Waals surface area contributed by atoms with Crippen molar-refractivity contribution in [2.24, 2.45) is 4.99 Å². The minimum atomic E-state index is -0.249. The van der Waals surface area contributed by atoms with Crippen molar-refractivity contribution in [1.82, 2.24) is 10.3 Å². The van der Waals surface area contributed by atoms with Gasteiger partial charge in [-0.3, -0.25) is 15.1 Å². The van der Waals surface area contributed by atoms with Gasteiger partial charge in [0, 0.05) is 23.6 Å². The number of amides is 1. The Hall–Kier alpha value is -3.67. The van der Waals surface area contributed by atoms with Crippen LogP contribution in [0, 0.1) is 13.8 Å². The first-order valence-corrected chi connectivity index (χ1v) is 9.87. The van der Waals surface area contributed by atoms with Gasteiger partial charge in [-0.2, -0.15) is 0 Å². The number of aromatic nitrogens is 1. The van der Waals surface area contributed by atoms with E-state index in [2.05, 4.69) is 20.6 Å². The van der Waals surface area contributed by atoms with Crippen LogP contribution in [0.1, 0.15) is 34.0 Å². The lowest BCUT2D eigenvalue weighted by atomic mass is 10.1. The van der Waals surface area contributed by atoms with E-state index >= 15 is 0 Å². The van der Waals surface area contributed by atoms with Crippen molar-refractivity contribution < 1.29 is 9.53 Å². The smallest absolute Gasteiger partial charge is 0.257 e. The van der Waals surface area contributed by atoms with Crippen LogP contribution in [0.5, 0.6) is 5.75 Å². The largest absolute Gasteiger partial charge is 0.494 e. The second-order valence-electron chi connectivity index (χ2n) is 6.81. The summed E-state index contributed by atoms with van der Waals surface area (Å²) in [7, 11) is 0. The van der Waals surface area contributed by atoms with Gasteiger partial charge in [-0.15, -0.1) is 0 Å². The second-order valence-corrected chi connectivity index (χ2v) is 6.81. The Morgan fingerprint density at radius 3 is 2.57 bits per heavy atom. The number of aryl methyl sites for hydroxylation is 1. The number of nitrogens with zero attached hydrogens (tertiary/aromatic N) is 2. The van der Waals surface area contributed by atoms with Gasteiger partial charge in [0.15, 0.2) is 0 Å². The molecule has 6 heteroatoms. The summed E-state index contributed by atoms with van der Waals surface area (Å²) in [6, 6.07) is 16.8. The number of benzene rings is 2.